The lowest BCUT2D eigenvalue weighted by atomic mass is 10.1. The highest BCUT2D eigenvalue weighted by molar-refractivity contribution is 5.40. The Morgan fingerprint density at radius 1 is 1.14 bits per heavy atom. The summed E-state index contributed by atoms with van der Waals surface area (Å²) in [6.45, 7) is 0. The van der Waals surface area contributed by atoms with E-state index in [1.807, 2.05) is 0 Å². The monoisotopic (exact) mass is 194 g/mol. The van der Waals surface area contributed by atoms with Crippen molar-refractivity contribution >= 4 is 0 Å². The Bertz CT molecular complexity index is 342. The molecular formula is C11H14O3. The van der Waals surface area contributed by atoms with Crippen LogP contribution in [0, 0.1) is 0 Å². The van der Waals surface area contributed by atoms with Gasteiger partial charge in [-0.15, -0.1) is 0 Å². The molecule has 1 saturated carbocycles. The van der Waals surface area contributed by atoms with Crippen LogP contribution < -0.4 is 0 Å². The maximum absolute atomic E-state index is 9.60. The standard InChI is InChI=1S/C11H14O3/c12-9-2-1-8(7-10(9)13)3-4-11(14)5-6-11/h1-2,7,12-14H,3-6H2. The van der Waals surface area contributed by atoms with Gasteiger partial charge in [0.05, 0.1) is 5.60 Å². The summed E-state index contributed by atoms with van der Waals surface area (Å²) in [5.41, 5.74) is 0.494. The summed E-state index contributed by atoms with van der Waals surface area (Å²) in [7, 11) is 0. The minimum Gasteiger partial charge on any atom is -0.504 e. The molecule has 1 fully saturated rings. The van der Waals surface area contributed by atoms with Gasteiger partial charge in [0.1, 0.15) is 0 Å². The third-order valence-electron chi connectivity index (χ3n) is 2.75. The molecule has 3 N–H and O–H groups in total. The van der Waals surface area contributed by atoms with Crippen molar-refractivity contribution in [3.05, 3.63) is 23.8 Å². The van der Waals surface area contributed by atoms with Gasteiger partial charge in [0.15, 0.2) is 11.5 Å². The van der Waals surface area contributed by atoms with Crippen LogP contribution in [0.25, 0.3) is 0 Å². The number of hydrogen-bond donors (Lipinski definition) is 3. The maximum atomic E-state index is 9.60. The van der Waals surface area contributed by atoms with Crippen molar-refractivity contribution in [1.82, 2.24) is 0 Å². The van der Waals surface area contributed by atoms with E-state index in [0.717, 1.165) is 31.2 Å². The highest BCUT2D eigenvalue weighted by Crippen LogP contribution is 2.39. The van der Waals surface area contributed by atoms with Gasteiger partial charge in [0.2, 0.25) is 0 Å². The third kappa shape index (κ3) is 1.99. The predicted molar refractivity (Wildman–Crippen MR) is 52.3 cm³/mol. The lowest BCUT2D eigenvalue weighted by molar-refractivity contribution is 0.140. The first kappa shape index (κ1) is 9.34. The zero-order valence-electron chi connectivity index (χ0n) is 7.90. The van der Waals surface area contributed by atoms with Gasteiger partial charge in [0.25, 0.3) is 0 Å². The summed E-state index contributed by atoms with van der Waals surface area (Å²) in [5, 5.41) is 27.9. The summed E-state index contributed by atoms with van der Waals surface area (Å²) < 4.78 is 0. The minimum absolute atomic E-state index is 0.0923. The smallest absolute Gasteiger partial charge is 0.157 e. The topological polar surface area (TPSA) is 60.7 Å². The fourth-order valence-corrected chi connectivity index (χ4v) is 1.50. The Balaban J connectivity index is 1.99. The first-order valence-corrected chi connectivity index (χ1v) is 4.82. The number of rotatable bonds is 3. The van der Waals surface area contributed by atoms with Gasteiger partial charge in [-0.25, -0.2) is 0 Å². The third-order valence-corrected chi connectivity index (χ3v) is 2.75. The van der Waals surface area contributed by atoms with E-state index >= 15 is 0 Å². The van der Waals surface area contributed by atoms with Crippen molar-refractivity contribution in [2.24, 2.45) is 0 Å². The first-order valence-electron chi connectivity index (χ1n) is 4.82. The predicted octanol–water partition coefficient (Wildman–Crippen LogP) is 1.56. The number of phenolic OH excluding ortho intramolecular Hbond substituents is 2. The lowest BCUT2D eigenvalue weighted by Crippen LogP contribution is -2.07. The summed E-state index contributed by atoms with van der Waals surface area (Å²) in [5.74, 6) is -0.191. The van der Waals surface area contributed by atoms with E-state index in [9.17, 15) is 10.2 Å². The number of hydrogen-bond acceptors (Lipinski definition) is 3. The highest BCUT2D eigenvalue weighted by Gasteiger charge is 2.39. The van der Waals surface area contributed by atoms with Crippen molar-refractivity contribution in [3.8, 4) is 11.5 Å². The average molecular weight is 194 g/mol. The highest BCUT2D eigenvalue weighted by atomic mass is 16.3. The number of benzene rings is 1. The molecule has 1 aliphatic carbocycles. The molecule has 0 unspecified atom stereocenters. The molecule has 0 atom stereocenters. The van der Waals surface area contributed by atoms with Crippen LogP contribution in [0.1, 0.15) is 24.8 Å². The zero-order valence-corrected chi connectivity index (χ0v) is 7.90. The molecule has 0 spiro atoms. The van der Waals surface area contributed by atoms with Gasteiger partial charge < -0.3 is 15.3 Å². The average Bonchev–Trinajstić information content (AvgIpc) is 2.87. The van der Waals surface area contributed by atoms with Crippen molar-refractivity contribution < 1.29 is 15.3 Å². The van der Waals surface area contributed by atoms with Crippen LogP contribution in [-0.4, -0.2) is 20.9 Å². The molecule has 0 aliphatic heterocycles. The molecule has 0 saturated heterocycles. The maximum Gasteiger partial charge on any atom is 0.157 e. The number of aromatic hydroxyl groups is 2. The second-order valence-corrected chi connectivity index (χ2v) is 4.05. The molecule has 3 heteroatoms. The van der Waals surface area contributed by atoms with E-state index < -0.39 is 5.60 Å². The SMILES string of the molecule is Oc1ccc(CCC2(O)CC2)cc1O. The van der Waals surface area contributed by atoms with E-state index in [1.54, 1.807) is 12.1 Å². The Morgan fingerprint density at radius 3 is 2.43 bits per heavy atom. The van der Waals surface area contributed by atoms with Gasteiger partial charge in [-0.1, -0.05) is 6.07 Å². The van der Waals surface area contributed by atoms with Gasteiger partial charge in [-0.2, -0.15) is 0 Å². The number of aliphatic hydroxyl groups is 1. The van der Waals surface area contributed by atoms with Crippen LogP contribution in [0.2, 0.25) is 0 Å². The van der Waals surface area contributed by atoms with Gasteiger partial charge in [-0.3, -0.25) is 0 Å². The van der Waals surface area contributed by atoms with Crippen molar-refractivity contribution in [1.29, 1.82) is 0 Å². The van der Waals surface area contributed by atoms with E-state index in [0.29, 0.717) is 0 Å². The minimum atomic E-state index is -0.451. The molecule has 0 bridgehead atoms. The normalized spacial score (nSPS) is 18.1. The van der Waals surface area contributed by atoms with Crippen LogP contribution in [0.3, 0.4) is 0 Å². The Morgan fingerprint density at radius 2 is 1.86 bits per heavy atom. The molecule has 3 nitrogen and oxygen atoms in total. The lowest BCUT2D eigenvalue weighted by Gasteiger charge is -2.07. The molecule has 0 heterocycles. The second-order valence-electron chi connectivity index (χ2n) is 4.05. The van der Waals surface area contributed by atoms with Crippen LogP contribution in [0.5, 0.6) is 11.5 Å². The summed E-state index contributed by atoms with van der Waals surface area (Å²) >= 11 is 0. The largest absolute Gasteiger partial charge is 0.504 e. The fourth-order valence-electron chi connectivity index (χ4n) is 1.50. The molecule has 14 heavy (non-hydrogen) atoms. The van der Waals surface area contributed by atoms with E-state index in [4.69, 9.17) is 5.11 Å². The van der Waals surface area contributed by atoms with Crippen LogP contribution in [-0.2, 0) is 6.42 Å². The molecule has 1 aliphatic rings. The van der Waals surface area contributed by atoms with E-state index in [1.165, 1.54) is 6.07 Å². The molecule has 0 aromatic heterocycles. The van der Waals surface area contributed by atoms with Crippen LogP contribution >= 0.6 is 0 Å². The summed E-state index contributed by atoms with van der Waals surface area (Å²) in [4.78, 5) is 0. The van der Waals surface area contributed by atoms with Gasteiger partial charge in [-0.05, 0) is 43.4 Å². The number of phenols is 2. The zero-order chi connectivity index (χ0) is 10.2. The quantitative estimate of drug-likeness (QED) is 0.640. The molecule has 76 valence electrons. The first-order chi connectivity index (χ1) is 6.59. The van der Waals surface area contributed by atoms with Crippen molar-refractivity contribution in [2.75, 3.05) is 0 Å². The van der Waals surface area contributed by atoms with Crippen LogP contribution in [0.15, 0.2) is 18.2 Å². The Kier molecular flexibility index (Phi) is 2.11. The van der Waals surface area contributed by atoms with Gasteiger partial charge in [0, 0.05) is 0 Å². The van der Waals surface area contributed by atoms with Crippen molar-refractivity contribution in [2.45, 2.75) is 31.3 Å². The molecule has 0 amide bonds. The molecule has 1 aromatic rings. The van der Waals surface area contributed by atoms with Crippen molar-refractivity contribution in [3.63, 3.8) is 0 Å². The fraction of sp³-hybridized carbons (Fsp3) is 0.455. The molecule has 0 radical (unpaired) electrons. The molecular weight excluding hydrogens is 180 g/mol. The summed E-state index contributed by atoms with van der Waals surface area (Å²) in [6.07, 6.45) is 3.25. The molecule has 2 rings (SSSR count). The molecule has 1 aromatic carbocycles. The van der Waals surface area contributed by atoms with E-state index in [-0.39, 0.29) is 11.5 Å². The Hall–Kier alpha value is -1.22. The van der Waals surface area contributed by atoms with Gasteiger partial charge >= 0.3 is 0 Å². The van der Waals surface area contributed by atoms with Crippen LogP contribution in [0.4, 0.5) is 0 Å². The number of aryl methyl sites for hydroxylation is 1. The summed E-state index contributed by atoms with van der Waals surface area (Å²) in [6, 6.07) is 4.78. The van der Waals surface area contributed by atoms with E-state index in [2.05, 4.69) is 0 Å². The Labute approximate surface area is 82.6 Å². The second kappa shape index (κ2) is 3.17.